The van der Waals surface area contributed by atoms with Crippen molar-refractivity contribution in [3.05, 3.63) is 51.8 Å². The van der Waals surface area contributed by atoms with Gasteiger partial charge in [-0.2, -0.15) is 4.98 Å². The van der Waals surface area contributed by atoms with Gasteiger partial charge in [0.2, 0.25) is 11.8 Å². The van der Waals surface area contributed by atoms with Crippen LogP contribution in [0.5, 0.6) is 5.88 Å². The maximum atomic E-state index is 12.2. The highest BCUT2D eigenvalue weighted by atomic mass is 16.3. The van der Waals surface area contributed by atoms with Crippen LogP contribution in [-0.2, 0) is 13.0 Å². The summed E-state index contributed by atoms with van der Waals surface area (Å²) < 4.78 is 0. The second-order valence-corrected chi connectivity index (χ2v) is 6.69. The molecular weight excluding hydrogens is 316 g/mol. The smallest absolute Gasteiger partial charge is 0.259 e. The molecule has 0 spiro atoms. The van der Waals surface area contributed by atoms with Gasteiger partial charge in [-0.25, -0.2) is 0 Å². The summed E-state index contributed by atoms with van der Waals surface area (Å²) in [5.41, 5.74) is 1.53. The van der Waals surface area contributed by atoms with Gasteiger partial charge in [0, 0.05) is 5.56 Å². The minimum absolute atomic E-state index is 0.119. The summed E-state index contributed by atoms with van der Waals surface area (Å²) in [4.78, 5) is 22.9. The van der Waals surface area contributed by atoms with E-state index in [1.807, 2.05) is 6.07 Å². The van der Waals surface area contributed by atoms with Crippen LogP contribution in [0.25, 0.3) is 0 Å². The van der Waals surface area contributed by atoms with Gasteiger partial charge in [0.1, 0.15) is 6.54 Å². The Labute approximate surface area is 148 Å². The molecule has 0 radical (unpaired) electrons. The Morgan fingerprint density at radius 3 is 2.60 bits per heavy atom. The van der Waals surface area contributed by atoms with E-state index in [0.717, 1.165) is 45.6 Å². The molecule has 0 amide bonds. The van der Waals surface area contributed by atoms with E-state index in [9.17, 15) is 9.90 Å². The van der Waals surface area contributed by atoms with E-state index in [1.54, 1.807) is 0 Å². The maximum absolute atomic E-state index is 12.2. The summed E-state index contributed by atoms with van der Waals surface area (Å²) in [6, 6.07) is 10.5. The van der Waals surface area contributed by atoms with Crippen LogP contribution in [-0.4, -0.2) is 41.3 Å². The molecule has 1 fully saturated rings. The molecule has 1 aliphatic rings. The van der Waals surface area contributed by atoms with Gasteiger partial charge in [0.05, 0.1) is 31.7 Å². The zero-order valence-corrected chi connectivity index (χ0v) is 14.8. The van der Waals surface area contributed by atoms with Gasteiger partial charge in [-0.05, 0) is 12.8 Å². The van der Waals surface area contributed by atoms with E-state index in [-0.39, 0.29) is 11.4 Å². The number of nitrogens with zero attached hydrogens (tertiary/aromatic N) is 2. The molecule has 25 heavy (non-hydrogen) atoms. The first-order valence-corrected chi connectivity index (χ1v) is 9.12. The molecule has 6 nitrogen and oxygen atoms in total. The van der Waals surface area contributed by atoms with Crippen molar-refractivity contribution in [2.75, 3.05) is 31.1 Å². The molecule has 3 N–H and O–H groups in total. The fourth-order valence-corrected chi connectivity index (χ4v) is 3.30. The first kappa shape index (κ1) is 17.5. The van der Waals surface area contributed by atoms with Gasteiger partial charge in [0.15, 0.2) is 0 Å². The summed E-state index contributed by atoms with van der Waals surface area (Å²) in [5, 5.41) is 10.1. The quantitative estimate of drug-likeness (QED) is 0.723. The molecule has 1 aromatic heterocycles. The highest BCUT2D eigenvalue weighted by Crippen LogP contribution is 2.15. The zero-order valence-electron chi connectivity index (χ0n) is 14.8. The molecule has 1 aromatic carbocycles. The molecule has 1 saturated heterocycles. The Kier molecular flexibility index (Phi) is 5.71. The number of unbranched alkanes of at least 4 members (excludes halogenated alkanes) is 1. The van der Waals surface area contributed by atoms with E-state index in [2.05, 4.69) is 46.1 Å². The predicted octanol–water partition coefficient (Wildman–Crippen LogP) is 0.723. The number of aromatic amines is 1. The molecule has 0 atom stereocenters. The van der Waals surface area contributed by atoms with Crippen LogP contribution in [0, 0.1) is 0 Å². The molecule has 3 rings (SSSR count). The number of rotatable bonds is 6. The number of hydrogen-bond acceptors (Lipinski definition) is 4. The van der Waals surface area contributed by atoms with Crippen LogP contribution in [0.3, 0.4) is 0 Å². The van der Waals surface area contributed by atoms with E-state index >= 15 is 0 Å². The lowest BCUT2D eigenvalue weighted by molar-refractivity contribution is -0.914. The maximum Gasteiger partial charge on any atom is 0.259 e. The van der Waals surface area contributed by atoms with Gasteiger partial charge in [-0.3, -0.25) is 9.78 Å². The van der Waals surface area contributed by atoms with Gasteiger partial charge in [-0.15, -0.1) is 0 Å². The van der Waals surface area contributed by atoms with Crippen molar-refractivity contribution < 1.29 is 10.0 Å². The van der Waals surface area contributed by atoms with Crippen LogP contribution in [0.2, 0.25) is 0 Å². The van der Waals surface area contributed by atoms with E-state index in [0.29, 0.717) is 17.9 Å². The molecule has 2 aromatic rings. The second kappa shape index (κ2) is 8.16. The van der Waals surface area contributed by atoms with Crippen molar-refractivity contribution >= 4 is 5.95 Å². The fourth-order valence-electron chi connectivity index (χ4n) is 3.30. The first-order chi connectivity index (χ1) is 12.2. The summed E-state index contributed by atoms with van der Waals surface area (Å²) in [5.74, 6) is 0.368. The predicted molar refractivity (Wildman–Crippen MR) is 98.2 cm³/mol. The number of hydrogen-bond donors (Lipinski definition) is 3. The van der Waals surface area contributed by atoms with E-state index < -0.39 is 0 Å². The summed E-state index contributed by atoms with van der Waals surface area (Å²) in [6.07, 6.45) is 2.42. The Morgan fingerprint density at radius 2 is 1.96 bits per heavy atom. The van der Waals surface area contributed by atoms with E-state index in [1.165, 1.54) is 10.5 Å². The molecule has 0 bridgehead atoms. The highest BCUT2D eigenvalue weighted by Gasteiger charge is 2.23. The lowest BCUT2D eigenvalue weighted by atomic mass is 10.1. The topological polar surface area (TPSA) is 73.7 Å². The molecule has 6 heteroatoms. The van der Waals surface area contributed by atoms with Crippen molar-refractivity contribution in [1.82, 2.24) is 9.97 Å². The van der Waals surface area contributed by atoms with Gasteiger partial charge in [0.25, 0.3) is 5.56 Å². The van der Waals surface area contributed by atoms with Crippen molar-refractivity contribution in [1.29, 1.82) is 0 Å². The third kappa shape index (κ3) is 4.39. The number of benzene rings is 1. The number of aromatic nitrogens is 2. The third-order valence-electron chi connectivity index (χ3n) is 4.83. The molecule has 0 unspecified atom stereocenters. The average molecular weight is 343 g/mol. The molecule has 0 saturated carbocycles. The van der Waals surface area contributed by atoms with Crippen LogP contribution < -0.4 is 15.4 Å². The monoisotopic (exact) mass is 343 g/mol. The fraction of sp³-hybridized carbons (Fsp3) is 0.474. The Morgan fingerprint density at radius 1 is 1.24 bits per heavy atom. The molecule has 134 valence electrons. The molecule has 0 aliphatic carbocycles. The van der Waals surface area contributed by atoms with E-state index in [4.69, 9.17) is 0 Å². The summed E-state index contributed by atoms with van der Waals surface area (Å²) in [7, 11) is 0. The van der Waals surface area contributed by atoms with Crippen LogP contribution in [0.4, 0.5) is 5.95 Å². The van der Waals surface area contributed by atoms with Crippen molar-refractivity contribution in [2.24, 2.45) is 0 Å². The number of nitrogens with one attached hydrogen (secondary N) is 2. The number of piperazine rings is 1. The Balaban J connectivity index is 1.62. The first-order valence-electron chi connectivity index (χ1n) is 9.12. The standard InChI is InChI=1S/C19H26N4O2/c1-2-3-9-16-17(24)20-19(21-18(16)25)23-12-10-22(11-13-23)14-15-7-5-4-6-8-15/h4-8H,2-3,9-14H2,1H3,(H2,20,21,24,25)/p+1. The average Bonchev–Trinajstić information content (AvgIpc) is 2.62. The minimum atomic E-state index is -0.213. The van der Waals surface area contributed by atoms with Gasteiger partial charge < -0.3 is 14.9 Å². The number of aromatic hydroxyl groups is 1. The van der Waals surface area contributed by atoms with Gasteiger partial charge >= 0.3 is 0 Å². The van der Waals surface area contributed by atoms with Gasteiger partial charge in [-0.1, -0.05) is 43.7 Å². The SMILES string of the molecule is CCCCc1c(O)nc(N2CC[NH+](Cc3ccccc3)CC2)[nH]c1=O. The van der Waals surface area contributed by atoms with Crippen molar-refractivity contribution in [3.8, 4) is 5.88 Å². The summed E-state index contributed by atoms with van der Waals surface area (Å²) in [6.45, 7) is 6.68. The lowest BCUT2D eigenvalue weighted by Gasteiger charge is -2.32. The van der Waals surface area contributed by atoms with Crippen LogP contribution in [0.15, 0.2) is 35.1 Å². The Hall–Kier alpha value is -2.34. The number of H-pyrrole nitrogens is 1. The third-order valence-corrected chi connectivity index (χ3v) is 4.83. The zero-order chi connectivity index (χ0) is 17.6. The Bertz CT molecular complexity index is 737. The largest absolute Gasteiger partial charge is 0.493 e. The van der Waals surface area contributed by atoms with Crippen molar-refractivity contribution in [2.45, 2.75) is 32.7 Å². The van der Waals surface area contributed by atoms with Crippen molar-refractivity contribution in [3.63, 3.8) is 0 Å². The molecule has 2 heterocycles. The molecular formula is C19H27N4O2+. The minimum Gasteiger partial charge on any atom is -0.493 e. The normalized spacial score (nSPS) is 15.5. The number of quaternary nitrogens is 1. The lowest BCUT2D eigenvalue weighted by Crippen LogP contribution is -3.13. The summed E-state index contributed by atoms with van der Waals surface area (Å²) >= 11 is 0. The second-order valence-electron chi connectivity index (χ2n) is 6.69. The number of anilines is 1. The van der Waals surface area contributed by atoms with Crippen LogP contribution in [0.1, 0.15) is 30.9 Å². The highest BCUT2D eigenvalue weighted by molar-refractivity contribution is 5.36. The van der Waals surface area contributed by atoms with Crippen LogP contribution >= 0.6 is 0 Å². The molecule has 1 aliphatic heterocycles.